The first-order valence-corrected chi connectivity index (χ1v) is 7.69. The Morgan fingerprint density at radius 3 is 2.35 bits per heavy atom. The van der Waals surface area contributed by atoms with Crippen molar-refractivity contribution in [2.45, 2.75) is 36.9 Å². The lowest BCUT2D eigenvalue weighted by Gasteiger charge is -2.25. The molecule has 0 saturated heterocycles. The number of pyridine rings is 1. The molecule has 1 aromatic rings. The van der Waals surface area contributed by atoms with E-state index in [0.717, 1.165) is 12.1 Å². The second-order valence-corrected chi connectivity index (χ2v) is 7.73. The van der Waals surface area contributed by atoms with Gasteiger partial charge < -0.3 is 0 Å². The average molecular weight is 321 g/mol. The van der Waals surface area contributed by atoms with Gasteiger partial charge in [0.2, 0.25) is 10.0 Å². The van der Waals surface area contributed by atoms with E-state index in [1.807, 2.05) is 0 Å². The quantitative estimate of drug-likeness (QED) is 0.866. The maximum atomic E-state index is 11.1. The maximum Gasteiger partial charge on any atom is 0.239 e. The minimum Gasteiger partial charge on any atom is -0.260 e. The summed E-state index contributed by atoms with van der Waals surface area (Å²) in [6.07, 6.45) is 2.04. The summed E-state index contributed by atoms with van der Waals surface area (Å²) in [7, 11) is -3.65. The minimum absolute atomic E-state index is 0.0446. The Bertz CT molecular complexity index is 477. The molecule has 0 bridgehead atoms. The molecule has 6 heteroatoms. The zero-order chi connectivity index (χ0) is 13.3. The Morgan fingerprint density at radius 1 is 1.41 bits per heavy atom. The Labute approximate surface area is 111 Å². The fourth-order valence-corrected chi connectivity index (χ4v) is 1.98. The van der Waals surface area contributed by atoms with Crippen LogP contribution in [0.3, 0.4) is 0 Å². The molecule has 0 saturated carbocycles. The first-order chi connectivity index (χ1) is 7.60. The van der Waals surface area contributed by atoms with E-state index in [9.17, 15) is 8.42 Å². The monoisotopic (exact) mass is 320 g/mol. The third kappa shape index (κ3) is 4.37. The molecule has 0 aliphatic carbocycles. The van der Waals surface area contributed by atoms with Crippen molar-refractivity contribution in [3.8, 4) is 0 Å². The number of rotatable bonds is 3. The van der Waals surface area contributed by atoms with Gasteiger partial charge in [-0.15, -0.1) is 0 Å². The normalized spacial score (nSPS) is 14.6. The summed E-state index contributed by atoms with van der Waals surface area (Å²) in [6.45, 7) is 6.39. The molecule has 17 heavy (non-hydrogen) atoms. The van der Waals surface area contributed by atoms with E-state index in [2.05, 4.69) is 41.7 Å². The van der Waals surface area contributed by atoms with Crippen molar-refractivity contribution in [2.24, 2.45) is 10.6 Å². The van der Waals surface area contributed by atoms with Gasteiger partial charge >= 0.3 is 0 Å². The Morgan fingerprint density at radius 2 is 2.00 bits per heavy atom. The highest BCUT2D eigenvalue weighted by atomic mass is 79.9. The zero-order valence-electron chi connectivity index (χ0n) is 10.1. The number of primary sulfonamides is 1. The van der Waals surface area contributed by atoms with Crippen LogP contribution in [0.4, 0.5) is 0 Å². The molecule has 0 aliphatic heterocycles. The van der Waals surface area contributed by atoms with Gasteiger partial charge in [-0.2, -0.15) is 0 Å². The van der Waals surface area contributed by atoms with Gasteiger partial charge in [0.25, 0.3) is 0 Å². The van der Waals surface area contributed by atoms with Crippen LogP contribution in [0.15, 0.2) is 23.2 Å². The van der Waals surface area contributed by atoms with E-state index < -0.39 is 10.0 Å². The number of nitrogens with zero attached hydrogens (tertiary/aromatic N) is 1. The fourth-order valence-electron chi connectivity index (χ4n) is 1.19. The summed E-state index contributed by atoms with van der Waals surface area (Å²) in [5, 5.41) is 5.00. The fraction of sp³-hybridized carbons (Fsp3) is 0.545. The molecule has 96 valence electrons. The van der Waals surface area contributed by atoms with Crippen LogP contribution >= 0.6 is 15.9 Å². The Kier molecular flexibility index (Phi) is 4.33. The maximum absolute atomic E-state index is 11.1. The van der Waals surface area contributed by atoms with Crippen molar-refractivity contribution in [1.29, 1.82) is 0 Å². The molecule has 0 aromatic carbocycles. The van der Waals surface area contributed by atoms with Gasteiger partial charge in [0.05, 0.1) is 0 Å². The van der Waals surface area contributed by atoms with Crippen molar-refractivity contribution >= 4 is 26.0 Å². The number of aromatic nitrogens is 1. The van der Waals surface area contributed by atoms with E-state index in [-0.39, 0.29) is 15.1 Å². The minimum atomic E-state index is -3.65. The van der Waals surface area contributed by atoms with E-state index in [1.165, 1.54) is 12.3 Å². The first kappa shape index (κ1) is 14.6. The van der Waals surface area contributed by atoms with Crippen LogP contribution in [0.5, 0.6) is 0 Å². The largest absolute Gasteiger partial charge is 0.260 e. The van der Waals surface area contributed by atoms with E-state index in [0.29, 0.717) is 0 Å². The highest BCUT2D eigenvalue weighted by Gasteiger charge is 2.22. The summed E-state index contributed by atoms with van der Waals surface area (Å²) < 4.78 is 22.1. The van der Waals surface area contributed by atoms with Crippen LogP contribution in [0.25, 0.3) is 0 Å². The van der Waals surface area contributed by atoms with Crippen molar-refractivity contribution in [2.75, 3.05) is 0 Å². The Balaban J connectivity index is 2.83. The average Bonchev–Trinajstić information content (AvgIpc) is 2.15. The molecular formula is C11H17BrN2O2S. The van der Waals surface area contributed by atoms with Gasteiger partial charge in [-0.25, -0.2) is 13.6 Å². The number of alkyl halides is 1. The van der Waals surface area contributed by atoms with Gasteiger partial charge in [0.1, 0.15) is 4.90 Å². The first-order valence-electron chi connectivity index (χ1n) is 5.22. The van der Waals surface area contributed by atoms with Crippen molar-refractivity contribution in [1.82, 2.24) is 4.98 Å². The lowest BCUT2D eigenvalue weighted by atomic mass is 9.89. The van der Waals surface area contributed by atoms with E-state index >= 15 is 0 Å². The third-order valence-corrected chi connectivity index (χ3v) is 5.05. The summed E-state index contributed by atoms with van der Waals surface area (Å²) in [5.74, 6) is 0. The zero-order valence-corrected chi connectivity index (χ0v) is 12.5. The van der Waals surface area contributed by atoms with Crippen LogP contribution in [-0.2, 0) is 16.4 Å². The molecule has 1 unspecified atom stereocenters. The third-order valence-electron chi connectivity index (χ3n) is 2.45. The van der Waals surface area contributed by atoms with Crippen LogP contribution in [0.1, 0.15) is 26.5 Å². The van der Waals surface area contributed by atoms with Crippen molar-refractivity contribution in [3.05, 3.63) is 24.0 Å². The summed E-state index contributed by atoms with van der Waals surface area (Å²) in [5.41, 5.74) is 0.967. The number of hydrogen-bond donors (Lipinski definition) is 1. The second-order valence-electron chi connectivity index (χ2n) is 5.07. The Hall–Kier alpha value is -0.460. The highest BCUT2D eigenvalue weighted by Crippen LogP contribution is 2.28. The topological polar surface area (TPSA) is 73.1 Å². The molecule has 1 heterocycles. The van der Waals surface area contributed by atoms with E-state index in [1.54, 1.807) is 6.07 Å². The van der Waals surface area contributed by atoms with Crippen LogP contribution in [0, 0.1) is 5.41 Å². The molecule has 0 aliphatic rings. The van der Waals surface area contributed by atoms with Crippen molar-refractivity contribution < 1.29 is 8.42 Å². The van der Waals surface area contributed by atoms with Crippen LogP contribution in [-0.4, -0.2) is 18.2 Å². The number of sulfonamides is 1. The molecule has 1 atom stereocenters. The second kappa shape index (κ2) is 5.04. The van der Waals surface area contributed by atoms with E-state index in [4.69, 9.17) is 5.14 Å². The molecule has 1 aromatic heterocycles. The number of halogens is 1. The van der Waals surface area contributed by atoms with Gasteiger partial charge in [0, 0.05) is 23.1 Å². The standard InChI is InChI=1S/C11H17BrN2O2S/c1-11(2,3)10(12)6-8-4-5-9(7-14-8)17(13,15)16/h4-5,7,10H,6H2,1-3H3,(H2,13,15,16). The molecular weight excluding hydrogens is 304 g/mol. The molecule has 1 rings (SSSR count). The SMILES string of the molecule is CC(C)(C)C(Br)Cc1ccc(S(N)(=O)=O)cn1. The molecule has 4 nitrogen and oxygen atoms in total. The molecule has 0 fully saturated rings. The molecule has 0 spiro atoms. The molecule has 2 N–H and O–H groups in total. The summed E-state index contributed by atoms with van der Waals surface area (Å²) >= 11 is 3.61. The number of nitrogens with two attached hydrogens (primary N) is 1. The number of hydrogen-bond acceptors (Lipinski definition) is 3. The highest BCUT2D eigenvalue weighted by molar-refractivity contribution is 9.09. The van der Waals surface area contributed by atoms with Gasteiger partial charge in [-0.05, 0) is 17.5 Å². The lowest BCUT2D eigenvalue weighted by molar-refractivity contribution is 0.396. The van der Waals surface area contributed by atoms with Gasteiger partial charge in [-0.1, -0.05) is 36.7 Å². The summed E-state index contributed by atoms with van der Waals surface area (Å²) in [4.78, 5) is 4.43. The predicted molar refractivity (Wildman–Crippen MR) is 71.5 cm³/mol. The lowest BCUT2D eigenvalue weighted by Crippen LogP contribution is -2.23. The van der Waals surface area contributed by atoms with Gasteiger partial charge in [0.15, 0.2) is 0 Å². The summed E-state index contributed by atoms with van der Waals surface area (Å²) in [6, 6.07) is 3.18. The van der Waals surface area contributed by atoms with Gasteiger partial charge in [-0.3, -0.25) is 4.98 Å². The molecule has 0 amide bonds. The predicted octanol–water partition coefficient (Wildman–Crippen LogP) is 2.08. The van der Waals surface area contributed by atoms with Crippen molar-refractivity contribution in [3.63, 3.8) is 0 Å². The van der Waals surface area contributed by atoms with Crippen LogP contribution in [0.2, 0.25) is 0 Å². The smallest absolute Gasteiger partial charge is 0.239 e. The van der Waals surface area contributed by atoms with Crippen LogP contribution < -0.4 is 5.14 Å². The molecule has 0 radical (unpaired) electrons.